The molecule has 3 fully saturated rings. The molecule has 0 radical (unpaired) electrons. The van der Waals surface area contributed by atoms with Crippen molar-refractivity contribution in [3.8, 4) is 0 Å². The van der Waals surface area contributed by atoms with Gasteiger partial charge in [-0.3, -0.25) is 33.8 Å². The van der Waals surface area contributed by atoms with E-state index in [9.17, 15) is 24.0 Å². The van der Waals surface area contributed by atoms with Gasteiger partial charge in [-0.15, -0.1) is 0 Å². The number of rotatable bonds is 15. The summed E-state index contributed by atoms with van der Waals surface area (Å²) in [6.07, 6.45) is -10.8. The number of carbonyl (C=O) groups is 5. The fourth-order valence-corrected chi connectivity index (χ4v) is 10.3. The zero-order valence-electron chi connectivity index (χ0n) is 41.4. The molecule has 70 heavy (non-hydrogen) atoms. The largest absolute Gasteiger partial charge is 0.457 e. The van der Waals surface area contributed by atoms with Gasteiger partial charge < -0.3 is 42.3 Å². The molecule has 0 saturated carbocycles. The standard InChI is InChI=1S/C53H64N2O14Si/c1-30-31(2)47(58)54(46(30)57)40-44(62-27-36-22-16-12-17-23-36)42(38(28-61-26-35-20-14-11-15-21-35)66-52(40)69-70(9,10)53(6,7)8)68-51-41(55-48(59)32(3)33(4)49(55)60)45(64-34(5)56)43-39(65-51)29-63-50(67-43)37-24-18-13-19-25-37/h11-25,38-45,50-52H,26-29H2,1-10H3/t38-,39-,40-,41-,42-,43-,44-,45-,50-,51+,52+/m1/s1. The number of ether oxygens (including phenoxy) is 8. The molecule has 3 aromatic rings. The molecule has 11 atom stereocenters. The van der Waals surface area contributed by atoms with E-state index in [0.29, 0.717) is 5.56 Å². The number of nitrogens with zero attached hydrogens (tertiary/aromatic N) is 2. The van der Waals surface area contributed by atoms with Gasteiger partial charge in [-0.05, 0) is 57.0 Å². The van der Waals surface area contributed by atoms with Gasteiger partial charge in [0.1, 0.15) is 42.6 Å². The summed E-state index contributed by atoms with van der Waals surface area (Å²) in [6, 6.07) is 25.4. The molecule has 3 saturated heterocycles. The Labute approximate surface area is 410 Å². The van der Waals surface area contributed by atoms with Crippen LogP contribution < -0.4 is 0 Å². The molecule has 374 valence electrons. The van der Waals surface area contributed by atoms with Gasteiger partial charge in [0.15, 0.2) is 33.3 Å². The lowest BCUT2D eigenvalue weighted by atomic mass is 9.92. The first-order valence-corrected chi connectivity index (χ1v) is 26.7. The predicted molar refractivity (Wildman–Crippen MR) is 255 cm³/mol. The maximum atomic E-state index is 14.5. The van der Waals surface area contributed by atoms with Gasteiger partial charge in [-0.2, -0.15) is 0 Å². The average molecular weight is 981 g/mol. The van der Waals surface area contributed by atoms with E-state index >= 15 is 0 Å². The molecular formula is C53H64N2O14Si. The van der Waals surface area contributed by atoms with Crippen molar-refractivity contribution in [2.45, 2.75) is 154 Å². The van der Waals surface area contributed by atoms with Crippen LogP contribution in [0.25, 0.3) is 0 Å². The van der Waals surface area contributed by atoms with Crippen LogP contribution in [0.1, 0.15) is 78.4 Å². The monoisotopic (exact) mass is 980 g/mol. The third-order valence-corrected chi connectivity index (χ3v) is 18.8. The van der Waals surface area contributed by atoms with Crippen molar-refractivity contribution in [2.75, 3.05) is 13.2 Å². The van der Waals surface area contributed by atoms with Gasteiger partial charge in [-0.1, -0.05) is 112 Å². The molecule has 17 heteroatoms. The molecule has 5 aliphatic heterocycles. The van der Waals surface area contributed by atoms with Crippen LogP contribution in [0.4, 0.5) is 0 Å². The summed E-state index contributed by atoms with van der Waals surface area (Å²) in [5.74, 6) is -3.10. The highest BCUT2D eigenvalue weighted by atomic mass is 28.4. The minimum Gasteiger partial charge on any atom is -0.457 e. The second-order valence-electron chi connectivity index (χ2n) is 20.0. The summed E-state index contributed by atoms with van der Waals surface area (Å²) in [5, 5.41) is -0.356. The van der Waals surface area contributed by atoms with E-state index in [1.165, 1.54) is 6.92 Å². The molecule has 0 aromatic heterocycles. The molecule has 0 N–H and O–H groups in total. The Morgan fingerprint density at radius 1 is 0.657 bits per heavy atom. The van der Waals surface area contributed by atoms with E-state index in [4.69, 9.17) is 42.3 Å². The van der Waals surface area contributed by atoms with Crippen molar-refractivity contribution >= 4 is 37.9 Å². The third kappa shape index (κ3) is 10.3. The molecule has 0 unspecified atom stereocenters. The SMILES string of the molecule is CC(=O)O[C@H]1[C@@H]2O[C@H](c3ccccc3)OC[C@H]2O[C@@H](O[C@H]2[C@H](OCc3ccccc3)[C@@H](N3C(=O)C(C)=C(C)C3=O)[C@H](O[Si](C)(C)C(C)(C)C)O[C@@H]2COCc2ccccc2)[C@@H]1N1C(=O)C(C)=C(C)C1=O. The van der Waals surface area contributed by atoms with Gasteiger partial charge in [0.05, 0.1) is 26.4 Å². The first-order valence-electron chi connectivity index (χ1n) is 23.8. The Morgan fingerprint density at radius 2 is 1.16 bits per heavy atom. The smallest absolute Gasteiger partial charge is 0.303 e. The van der Waals surface area contributed by atoms with Crippen molar-refractivity contribution in [3.63, 3.8) is 0 Å². The van der Waals surface area contributed by atoms with E-state index in [2.05, 4.69) is 20.8 Å². The van der Waals surface area contributed by atoms with Crippen LogP contribution in [-0.2, 0) is 79.5 Å². The molecule has 5 heterocycles. The van der Waals surface area contributed by atoms with E-state index in [1.54, 1.807) is 27.7 Å². The van der Waals surface area contributed by atoms with Crippen LogP contribution in [0.5, 0.6) is 0 Å². The first kappa shape index (κ1) is 51.2. The lowest BCUT2D eigenvalue weighted by molar-refractivity contribution is -0.373. The summed E-state index contributed by atoms with van der Waals surface area (Å²) >= 11 is 0. The molecule has 0 bridgehead atoms. The number of hydrogen-bond acceptors (Lipinski definition) is 14. The Kier molecular flexibility index (Phi) is 15.2. The Balaban J connectivity index is 1.27. The normalized spacial score (nSPS) is 29.8. The molecule has 8 rings (SSSR count). The van der Waals surface area contributed by atoms with Gasteiger partial charge in [0.25, 0.3) is 23.6 Å². The third-order valence-electron chi connectivity index (χ3n) is 14.4. The average Bonchev–Trinajstić information content (AvgIpc) is 3.64. The lowest BCUT2D eigenvalue weighted by Crippen LogP contribution is -2.72. The topological polar surface area (TPSA) is 175 Å². The number of benzene rings is 3. The zero-order valence-corrected chi connectivity index (χ0v) is 42.4. The number of esters is 1. The second kappa shape index (κ2) is 20.9. The fourth-order valence-electron chi connectivity index (χ4n) is 9.14. The highest BCUT2D eigenvalue weighted by molar-refractivity contribution is 6.74. The number of fused-ring (bicyclic) bond motifs is 1. The van der Waals surface area contributed by atoms with Gasteiger partial charge in [0, 0.05) is 34.8 Å². The van der Waals surface area contributed by atoms with Crippen molar-refractivity contribution in [1.82, 2.24) is 9.80 Å². The van der Waals surface area contributed by atoms with E-state index in [-0.39, 0.29) is 53.8 Å². The van der Waals surface area contributed by atoms with Crippen LogP contribution in [0, 0.1) is 0 Å². The molecule has 5 aliphatic rings. The predicted octanol–water partition coefficient (Wildman–Crippen LogP) is 6.84. The highest BCUT2D eigenvalue weighted by Crippen LogP contribution is 2.45. The van der Waals surface area contributed by atoms with E-state index < -0.39 is 105 Å². The van der Waals surface area contributed by atoms with E-state index in [1.807, 2.05) is 104 Å². The fraction of sp³-hybridized carbons (Fsp3) is 0.491. The molecule has 4 amide bonds. The minimum absolute atomic E-state index is 0.0163. The van der Waals surface area contributed by atoms with Crippen LogP contribution >= 0.6 is 0 Å². The second-order valence-corrected chi connectivity index (χ2v) is 24.8. The molecule has 3 aromatic carbocycles. The maximum absolute atomic E-state index is 14.5. The number of hydrogen-bond donors (Lipinski definition) is 0. The molecule has 0 spiro atoms. The van der Waals surface area contributed by atoms with Crippen LogP contribution in [0.2, 0.25) is 18.1 Å². The van der Waals surface area contributed by atoms with Crippen molar-refractivity contribution in [1.29, 1.82) is 0 Å². The molecule has 16 nitrogen and oxygen atoms in total. The van der Waals surface area contributed by atoms with Gasteiger partial charge in [0.2, 0.25) is 0 Å². The summed E-state index contributed by atoms with van der Waals surface area (Å²) < 4.78 is 60.7. The van der Waals surface area contributed by atoms with Gasteiger partial charge >= 0.3 is 5.97 Å². The van der Waals surface area contributed by atoms with Crippen LogP contribution in [0.15, 0.2) is 113 Å². The Hall–Kier alpha value is -5.21. The molecule has 0 aliphatic carbocycles. The zero-order chi connectivity index (χ0) is 50.2. The lowest BCUT2D eigenvalue weighted by Gasteiger charge is -2.54. The Morgan fingerprint density at radius 3 is 1.67 bits per heavy atom. The first-order chi connectivity index (χ1) is 33.3. The summed E-state index contributed by atoms with van der Waals surface area (Å²) in [5.41, 5.74) is 3.22. The van der Waals surface area contributed by atoms with E-state index in [0.717, 1.165) is 20.9 Å². The summed E-state index contributed by atoms with van der Waals surface area (Å²) in [6.45, 7) is 17.8. The van der Waals surface area contributed by atoms with Crippen molar-refractivity contribution in [2.24, 2.45) is 0 Å². The highest BCUT2D eigenvalue weighted by Gasteiger charge is 2.62. The number of carbonyl (C=O) groups excluding carboxylic acids is 5. The minimum atomic E-state index is -2.80. The van der Waals surface area contributed by atoms with Crippen molar-refractivity contribution < 1.29 is 66.3 Å². The quantitative estimate of drug-likeness (QED) is 0.0880. The van der Waals surface area contributed by atoms with Crippen LogP contribution in [0.3, 0.4) is 0 Å². The summed E-state index contributed by atoms with van der Waals surface area (Å²) in [4.78, 5) is 73.1. The molecular weight excluding hydrogens is 917 g/mol. The number of imide groups is 2. The summed E-state index contributed by atoms with van der Waals surface area (Å²) in [7, 11) is -2.80. The maximum Gasteiger partial charge on any atom is 0.303 e. The van der Waals surface area contributed by atoms with Crippen LogP contribution in [-0.4, -0.2) is 122 Å². The van der Waals surface area contributed by atoms with Crippen molar-refractivity contribution in [3.05, 3.63) is 130 Å². The Bertz CT molecular complexity index is 2450. The van der Waals surface area contributed by atoms with Gasteiger partial charge in [-0.25, -0.2) is 0 Å². The number of amides is 4.